The molecule has 1 aliphatic rings. The molecule has 3 nitrogen and oxygen atoms in total. The fraction of sp³-hybridized carbons (Fsp3) is 0.174. The number of para-hydroxylation sites is 1. The molecule has 0 bridgehead atoms. The standard InChI is InChI=1S/C23H22BrN3/c1-26(2)20-14-10-18(11-15-20)23-16-22(17-8-12-19(24)13-9-17)25-27(23)21-6-4-3-5-7-21/h3-15,23H,16H2,1-2H3/t23-/m1/s1. The Morgan fingerprint density at radius 1 is 0.889 bits per heavy atom. The summed E-state index contributed by atoms with van der Waals surface area (Å²) in [5.41, 5.74) is 5.89. The van der Waals surface area contributed by atoms with E-state index in [0.29, 0.717) is 0 Å². The van der Waals surface area contributed by atoms with Crippen LogP contribution in [0, 0.1) is 0 Å². The first-order chi connectivity index (χ1) is 13.1. The number of rotatable bonds is 4. The average Bonchev–Trinajstić information content (AvgIpc) is 3.15. The normalized spacial score (nSPS) is 16.3. The maximum atomic E-state index is 5.00. The molecule has 3 aromatic carbocycles. The topological polar surface area (TPSA) is 18.8 Å². The Morgan fingerprint density at radius 3 is 2.19 bits per heavy atom. The Labute approximate surface area is 169 Å². The molecule has 1 aliphatic heterocycles. The molecule has 0 aliphatic carbocycles. The highest BCUT2D eigenvalue weighted by atomic mass is 79.9. The molecule has 27 heavy (non-hydrogen) atoms. The maximum absolute atomic E-state index is 5.00. The molecule has 0 unspecified atom stereocenters. The van der Waals surface area contributed by atoms with Gasteiger partial charge in [0.05, 0.1) is 17.4 Å². The van der Waals surface area contributed by atoms with Crippen molar-refractivity contribution in [3.63, 3.8) is 0 Å². The van der Waals surface area contributed by atoms with Crippen LogP contribution in [-0.4, -0.2) is 19.8 Å². The molecule has 0 spiro atoms. The highest BCUT2D eigenvalue weighted by Crippen LogP contribution is 2.37. The van der Waals surface area contributed by atoms with E-state index in [1.54, 1.807) is 0 Å². The van der Waals surface area contributed by atoms with Crippen molar-refractivity contribution in [2.75, 3.05) is 24.0 Å². The number of hydrogen-bond donors (Lipinski definition) is 0. The molecule has 1 heterocycles. The van der Waals surface area contributed by atoms with Gasteiger partial charge in [-0.2, -0.15) is 5.10 Å². The summed E-state index contributed by atoms with van der Waals surface area (Å²) < 4.78 is 1.08. The number of anilines is 2. The van der Waals surface area contributed by atoms with Crippen LogP contribution in [0.2, 0.25) is 0 Å². The van der Waals surface area contributed by atoms with Gasteiger partial charge in [-0.25, -0.2) is 0 Å². The SMILES string of the molecule is CN(C)c1ccc([C@H]2CC(c3ccc(Br)cc3)=NN2c2ccccc2)cc1. The second kappa shape index (κ2) is 7.57. The van der Waals surface area contributed by atoms with Crippen molar-refractivity contribution in [3.8, 4) is 0 Å². The molecule has 0 fully saturated rings. The van der Waals surface area contributed by atoms with E-state index in [-0.39, 0.29) is 6.04 Å². The van der Waals surface area contributed by atoms with Crippen molar-refractivity contribution in [3.05, 3.63) is 94.5 Å². The first-order valence-electron chi connectivity index (χ1n) is 9.07. The lowest BCUT2D eigenvalue weighted by Gasteiger charge is -2.24. The Bertz CT molecular complexity index is 932. The van der Waals surface area contributed by atoms with E-state index >= 15 is 0 Å². The van der Waals surface area contributed by atoms with Gasteiger partial charge < -0.3 is 4.90 Å². The Hall–Kier alpha value is -2.59. The van der Waals surface area contributed by atoms with Gasteiger partial charge in [-0.15, -0.1) is 0 Å². The third-order valence-corrected chi connectivity index (χ3v) is 5.43. The van der Waals surface area contributed by atoms with Gasteiger partial charge in [-0.05, 0) is 47.5 Å². The minimum Gasteiger partial charge on any atom is -0.378 e. The van der Waals surface area contributed by atoms with Gasteiger partial charge in [0.25, 0.3) is 0 Å². The summed E-state index contributed by atoms with van der Waals surface area (Å²) in [6, 6.07) is 27.8. The van der Waals surface area contributed by atoms with Crippen molar-refractivity contribution in [2.45, 2.75) is 12.5 Å². The average molecular weight is 420 g/mol. The molecule has 3 aromatic rings. The van der Waals surface area contributed by atoms with E-state index in [2.05, 4.69) is 113 Å². The molecular weight excluding hydrogens is 398 g/mol. The zero-order valence-electron chi connectivity index (χ0n) is 15.5. The van der Waals surface area contributed by atoms with Crippen molar-refractivity contribution < 1.29 is 0 Å². The lowest BCUT2D eigenvalue weighted by molar-refractivity contribution is 0.709. The summed E-state index contributed by atoms with van der Waals surface area (Å²) in [6.45, 7) is 0. The summed E-state index contributed by atoms with van der Waals surface area (Å²) in [6.07, 6.45) is 0.887. The van der Waals surface area contributed by atoms with Crippen molar-refractivity contribution >= 4 is 33.0 Å². The molecule has 1 atom stereocenters. The van der Waals surface area contributed by atoms with E-state index in [1.165, 1.54) is 16.8 Å². The Kier molecular flexibility index (Phi) is 4.99. The molecular formula is C23H22BrN3. The van der Waals surface area contributed by atoms with Crippen LogP contribution in [0.25, 0.3) is 0 Å². The molecule has 0 saturated heterocycles. The smallest absolute Gasteiger partial charge is 0.0831 e. The molecule has 0 radical (unpaired) electrons. The van der Waals surface area contributed by atoms with Gasteiger partial charge in [0.2, 0.25) is 0 Å². The van der Waals surface area contributed by atoms with Crippen LogP contribution in [0.1, 0.15) is 23.6 Å². The van der Waals surface area contributed by atoms with Crippen LogP contribution >= 0.6 is 15.9 Å². The van der Waals surface area contributed by atoms with Crippen molar-refractivity contribution in [1.29, 1.82) is 0 Å². The monoisotopic (exact) mass is 419 g/mol. The minimum atomic E-state index is 0.197. The van der Waals surface area contributed by atoms with Crippen molar-refractivity contribution in [2.24, 2.45) is 5.10 Å². The van der Waals surface area contributed by atoms with Gasteiger partial charge in [-0.1, -0.05) is 58.4 Å². The van der Waals surface area contributed by atoms with E-state index in [9.17, 15) is 0 Å². The molecule has 4 heteroatoms. The number of hydrazone groups is 1. The summed E-state index contributed by atoms with van der Waals surface area (Å²) in [4.78, 5) is 2.12. The molecule has 0 amide bonds. The predicted octanol–water partition coefficient (Wildman–Crippen LogP) is 5.87. The molecule has 136 valence electrons. The summed E-state index contributed by atoms with van der Waals surface area (Å²) in [5, 5.41) is 7.15. The van der Waals surface area contributed by atoms with Gasteiger partial charge in [0, 0.05) is 30.7 Å². The van der Waals surface area contributed by atoms with E-state index < -0.39 is 0 Å². The lowest BCUT2D eigenvalue weighted by Crippen LogP contribution is -2.18. The number of nitrogens with zero attached hydrogens (tertiary/aromatic N) is 3. The molecule has 0 N–H and O–H groups in total. The van der Waals surface area contributed by atoms with E-state index in [4.69, 9.17) is 5.10 Å². The van der Waals surface area contributed by atoms with Crippen LogP contribution in [-0.2, 0) is 0 Å². The molecule has 0 saturated carbocycles. The second-order valence-corrected chi connectivity index (χ2v) is 7.86. The maximum Gasteiger partial charge on any atom is 0.0831 e. The van der Waals surface area contributed by atoms with Crippen molar-refractivity contribution in [1.82, 2.24) is 0 Å². The van der Waals surface area contributed by atoms with Crippen LogP contribution < -0.4 is 9.91 Å². The van der Waals surface area contributed by atoms with Crippen LogP contribution in [0.15, 0.2) is 88.4 Å². The largest absolute Gasteiger partial charge is 0.378 e. The summed E-state index contributed by atoms with van der Waals surface area (Å²) >= 11 is 3.52. The summed E-state index contributed by atoms with van der Waals surface area (Å²) in [7, 11) is 4.13. The summed E-state index contributed by atoms with van der Waals surface area (Å²) in [5.74, 6) is 0. The zero-order chi connectivity index (χ0) is 18.8. The van der Waals surface area contributed by atoms with Gasteiger partial charge in [0.15, 0.2) is 0 Å². The number of halogens is 1. The van der Waals surface area contributed by atoms with Gasteiger partial charge in [0.1, 0.15) is 0 Å². The zero-order valence-corrected chi connectivity index (χ0v) is 17.1. The number of hydrogen-bond acceptors (Lipinski definition) is 3. The first-order valence-corrected chi connectivity index (χ1v) is 9.86. The quantitative estimate of drug-likeness (QED) is 0.526. The fourth-order valence-corrected chi connectivity index (χ4v) is 3.66. The lowest BCUT2D eigenvalue weighted by atomic mass is 9.98. The van der Waals surface area contributed by atoms with E-state index in [0.717, 1.165) is 22.3 Å². The minimum absolute atomic E-state index is 0.197. The highest BCUT2D eigenvalue weighted by Gasteiger charge is 2.29. The van der Waals surface area contributed by atoms with Crippen LogP contribution in [0.4, 0.5) is 11.4 Å². The van der Waals surface area contributed by atoms with Crippen LogP contribution in [0.5, 0.6) is 0 Å². The predicted molar refractivity (Wildman–Crippen MR) is 118 cm³/mol. The fourth-order valence-electron chi connectivity index (χ4n) is 3.40. The Balaban J connectivity index is 1.70. The molecule has 4 rings (SSSR count). The molecule has 0 aromatic heterocycles. The van der Waals surface area contributed by atoms with E-state index in [1.807, 2.05) is 6.07 Å². The third kappa shape index (κ3) is 3.76. The van der Waals surface area contributed by atoms with Gasteiger partial charge in [-0.3, -0.25) is 5.01 Å². The second-order valence-electron chi connectivity index (χ2n) is 6.94. The van der Waals surface area contributed by atoms with Gasteiger partial charge >= 0.3 is 0 Å². The first kappa shape index (κ1) is 17.8. The van der Waals surface area contributed by atoms with Crippen LogP contribution in [0.3, 0.4) is 0 Å². The highest BCUT2D eigenvalue weighted by molar-refractivity contribution is 9.10. The third-order valence-electron chi connectivity index (χ3n) is 4.90. The number of benzene rings is 3. The Morgan fingerprint density at radius 2 is 1.56 bits per heavy atom.